The molecule has 1 fully saturated rings. The first-order chi connectivity index (χ1) is 7.63. The van der Waals surface area contributed by atoms with Gasteiger partial charge in [-0.05, 0) is 25.2 Å². The molecule has 3 nitrogen and oxygen atoms in total. The zero-order chi connectivity index (χ0) is 12.0. The van der Waals surface area contributed by atoms with Gasteiger partial charge in [0.25, 0.3) is 0 Å². The van der Waals surface area contributed by atoms with Gasteiger partial charge in [-0.25, -0.2) is 0 Å². The fourth-order valence-electron chi connectivity index (χ4n) is 2.51. The molecule has 0 spiro atoms. The Morgan fingerprint density at radius 1 is 1.44 bits per heavy atom. The number of nitrogens with zero attached hydrogens (tertiary/aromatic N) is 1. The molecule has 0 aromatic heterocycles. The van der Waals surface area contributed by atoms with Gasteiger partial charge >= 0.3 is 5.97 Å². The van der Waals surface area contributed by atoms with E-state index in [0.29, 0.717) is 12.6 Å². The molecule has 1 rings (SSSR count). The monoisotopic (exact) mass is 225 g/mol. The summed E-state index contributed by atoms with van der Waals surface area (Å²) in [6.45, 7) is 6.83. The third-order valence-corrected chi connectivity index (χ3v) is 3.45. The first-order valence-electron chi connectivity index (χ1n) is 6.20. The second-order valence-electron chi connectivity index (χ2n) is 4.88. The Balaban J connectivity index is 2.54. The van der Waals surface area contributed by atoms with E-state index in [1.807, 2.05) is 4.90 Å². The van der Waals surface area contributed by atoms with E-state index in [1.54, 1.807) is 6.08 Å². The largest absolute Gasteiger partial charge is 0.480 e. The molecule has 2 atom stereocenters. The van der Waals surface area contributed by atoms with E-state index in [9.17, 15) is 4.79 Å². The van der Waals surface area contributed by atoms with Crippen LogP contribution in [0.25, 0.3) is 0 Å². The average Bonchev–Trinajstić information content (AvgIpc) is 2.42. The van der Waals surface area contributed by atoms with Gasteiger partial charge in [0, 0.05) is 12.6 Å². The van der Waals surface area contributed by atoms with Crippen molar-refractivity contribution in [1.82, 2.24) is 4.90 Å². The summed E-state index contributed by atoms with van der Waals surface area (Å²) < 4.78 is 0. The molecule has 0 amide bonds. The van der Waals surface area contributed by atoms with Crippen molar-refractivity contribution in [2.45, 2.75) is 45.1 Å². The van der Waals surface area contributed by atoms with E-state index < -0.39 is 5.97 Å². The lowest BCUT2D eigenvalue weighted by molar-refractivity contribution is -0.138. The second-order valence-corrected chi connectivity index (χ2v) is 4.88. The normalized spacial score (nSPS) is 26.4. The van der Waals surface area contributed by atoms with Crippen molar-refractivity contribution in [2.24, 2.45) is 5.92 Å². The number of hydrogen-bond donors (Lipinski definition) is 1. The Morgan fingerprint density at radius 3 is 2.81 bits per heavy atom. The molecule has 1 aliphatic rings. The topological polar surface area (TPSA) is 40.5 Å². The molecule has 0 aromatic rings. The van der Waals surface area contributed by atoms with Crippen molar-refractivity contribution < 1.29 is 9.90 Å². The van der Waals surface area contributed by atoms with Gasteiger partial charge in [-0.1, -0.05) is 25.8 Å². The maximum absolute atomic E-state index is 10.8. The predicted octanol–water partition coefficient (Wildman–Crippen LogP) is 2.53. The summed E-state index contributed by atoms with van der Waals surface area (Å²) in [6.07, 6.45) is 7.79. The number of carbonyl (C=O) groups is 1. The van der Waals surface area contributed by atoms with Crippen LogP contribution >= 0.6 is 0 Å². The van der Waals surface area contributed by atoms with Gasteiger partial charge < -0.3 is 5.11 Å². The molecule has 1 saturated carbocycles. The predicted molar refractivity (Wildman–Crippen MR) is 65.4 cm³/mol. The summed E-state index contributed by atoms with van der Waals surface area (Å²) in [5.74, 6) is 0.0551. The summed E-state index contributed by atoms with van der Waals surface area (Å²) in [6, 6.07) is 0.430. The number of aliphatic carboxylic acids is 1. The quantitative estimate of drug-likeness (QED) is 0.577. The van der Waals surface area contributed by atoms with Crippen molar-refractivity contribution in [3.05, 3.63) is 12.7 Å². The Labute approximate surface area is 98.1 Å². The average molecular weight is 225 g/mol. The van der Waals surface area contributed by atoms with Gasteiger partial charge in [-0.2, -0.15) is 0 Å². The van der Waals surface area contributed by atoms with Crippen molar-refractivity contribution in [3.63, 3.8) is 0 Å². The lowest BCUT2D eigenvalue weighted by Gasteiger charge is -2.28. The maximum atomic E-state index is 10.8. The third-order valence-electron chi connectivity index (χ3n) is 3.45. The molecule has 0 aliphatic heterocycles. The molecule has 2 unspecified atom stereocenters. The van der Waals surface area contributed by atoms with Crippen LogP contribution in [0.5, 0.6) is 0 Å². The fourth-order valence-corrected chi connectivity index (χ4v) is 2.51. The minimum absolute atomic E-state index is 0.144. The Kier molecular flexibility index (Phi) is 5.53. The zero-order valence-corrected chi connectivity index (χ0v) is 10.2. The molecule has 1 N–H and O–H groups in total. The van der Waals surface area contributed by atoms with Crippen LogP contribution in [0.15, 0.2) is 12.7 Å². The van der Waals surface area contributed by atoms with E-state index >= 15 is 0 Å². The van der Waals surface area contributed by atoms with Gasteiger partial charge in [0.1, 0.15) is 0 Å². The summed E-state index contributed by atoms with van der Waals surface area (Å²) in [5, 5.41) is 8.89. The fraction of sp³-hybridized carbons (Fsp3) is 0.769. The molecule has 0 bridgehead atoms. The minimum atomic E-state index is -0.737. The lowest BCUT2D eigenvalue weighted by atomic mass is 10.0. The summed E-state index contributed by atoms with van der Waals surface area (Å²) in [4.78, 5) is 12.9. The summed E-state index contributed by atoms with van der Waals surface area (Å²) in [7, 11) is 0. The van der Waals surface area contributed by atoms with Crippen molar-refractivity contribution >= 4 is 5.97 Å². The molecule has 0 heterocycles. The first kappa shape index (κ1) is 13.2. The van der Waals surface area contributed by atoms with E-state index in [-0.39, 0.29) is 6.54 Å². The molecule has 0 radical (unpaired) electrons. The lowest BCUT2D eigenvalue weighted by Crippen LogP contribution is -2.39. The van der Waals surface area contributed by atoms with E-state index in [1.165, 1.54) is 19.3 Å². The van der Waals surface area contributed by atoms with Crippen LogP contribution in [-0.4, -0.2) is 35.1 Å². The van der Waals surface area contributed by atoms with Crippen molar-refractivity contribution in [1.29, 1.82) is 0 Å². The third kappa shape index (κ3) is 4.35. The summed E-state index contributed by atoms with van der Waals surface area (Å²) >= 11 is 0. The van der Waals surface area contributed by atoms with Gasteiger partial charge in [0.2, 0.25) is 0 Å². The molecule has 3 heteroatoms. The Morgan fingerprint density at radius 2 is 2.19 bits per heavy atom. The van der Waals surface area contributed by atoms with Crippen LogP contribution < -0.4 is 0 Å². The highest BCUT2D eigenvalue weighted by Crippen LogP contribution is 2.25. The smallest absolute Gasteiger partial charge is 0.317 e. The SMILES string of the molecule is C=CCN(CC(=O)O)C1CCCC(C)CC1. The van der Waals surface area contributed by atoms with Gasteiger partial charge in [-0.3, -0.25) is 9.69 Å². The van der Waals surface area contributed by atoms with E-state index in [2.05, 4.69) is 13.5 Å². The first-order valence-corrected chi connectivity index (χ1v) is 6.20. The molecule has 1 aliphatic carbocycles. The minimum Gasteiger partial charge on any atom is -0.480 e. The number of carboxylic acid groups (broad SMARTS) is 1. The van der Waals surface area contributed by atoms with Gasteiger partial charge in [0.15, 0.2) is 0 Å². The van der Waals surface area contributed by atoms with Crippen LogP contribution in [0.2, 0.25) is 0 Å². The second kappa shape index (κ2) is 6.69. The highest BCUT2D eigenvalue weighted by molar-refractivity contribution is 5.69. The molecular weight excluding hydrogens is 202 g/mol. The number of carboxylic acids is 1. The Bertz CT molecular complexity index is 240. The highest BCUT2D eigenvalue weighted by Gasteiger charge is 2.22. The zero-order valence-electron chi connectivity index (χ0n) is 10.2. The van der Waals surface area contributed by atoms with Crippen LogP contribution in [0, 0.1) is 5.92 Å². The van der Waals surface area contributed by atoms with E-state index in [0.717, 1.165) is 18.8 Å². The van der Waals surface area contributed by atoms with E-state index in [4.69, 9.17) is 5.11 Å². The summed E-state index contributed by atoms with van der Waals surface area (Å²) in [5.41, 5.74) is 0. The molecular formula is C13H23NO2. The Hall–Kier alpha value is -0.830. The van der Waals surface area contributed by atoms with Crippen LogP contribution in [-0.2, 0) is 4.79 Å². The van der Waals surface area contributed by atoms with Crippen LogP contribution in [0.3, 0.4) is 0 Å². The van der Waals surface area contributed by atoms with Crippen molar-refractivity contribution in [2.75, 3.05) is 13.1 Å². The number of rotatable bonds is 5. The highest BCUT2D eigenvalue weighted by atomic mass is 16.4. The molecule has 0 saturated heterocycles. The van der Waals surface area contributed by atoms with Crippen LogP contribution in [0.1, 0.15) is 39.0 Å². The molecule has 92 valence electrons. The van der Waals surface area contributed by atoms with Gasteiger partial charge in [0.05, 0.1) is 6.54 Å². The van der Waals surface area contributed by atoms with Crippen LogP contribution in [0.4, 0.5) is 0 Å². The standard InChI is InChI=1S/C13H23NO2/c1-3-9-14(10-13(15)16)12-6-4-5-11(2)7-8-12/h3,11-12H,1,4-10H2,2H3,(H,15,16). The molecule has 16 heavy (non-hydrogen) atoms. The van der Waals surface area contributed by atoms with Gasteiger partial charge in [-0.15, -0.1) is 6.58 Å². The molecule has 0 aromatic carbocycles. The maximum Gasteiger partial charge on any atom is 0.317 e. The number of hydrogen-bond acceptors (Lipinski definition) is 2. The van der Waals surface area contributed by atoms with Crippen molar-refractivity contribution in [3.8, 4) is 0 Å².